The zero-order valence-corrected chi connectivity index (χ0v) is 17.7. The largest absolute Gasteiger partial charge is 0.317 e. The molecule has 0 amide bonds. The summed E-state index contributed by atoms with van der Waals surface area (Å²) in [6.07, 6.45) is 30.9. The number of rotatable bonds is 19. The highest BCUT2D eigenvalue weighted by atomic mass is 14.9. The third-order valence-corrected chi connectivity index (χ3v) is 5.07. The van der Waals surface area contributed by atoms with Crippen molar-refractivity contribution in [1.29, 1.82) is 0 Å². The predicted molar refractivity (Wildman–Crippen MR) is 116 cm³/mol. The van der Waals surface area contributed by atoms with Gasteiger partial charge in [0.1, 0.15) is 0 Å². The molecule has 0 aromatic heterocycles. The molecule has 1 unspecified atom stereocenters. The van der Waals surface area contributed by atoms with Crippen LogP contribution in [0.1, 0.15) is 117 Å². The first-order chi connectivity index (χ1) is 12.3. The van der Waals surface area contributed by atoms with E-state index < -0.39 is 0 Å². The molecule has 0 heterocycles. The average molecular weight is 350 g/mol. The van der Waals surface area contributed by atoms with Gasteiger partial charge in [0, 0.05) is 6.04 Å². The summed E-state index contributed by atoms with van der Waals surface area (Å²) in [5.74, 6) is 0. The van der Waals surface area contributed by atoms with Crippen molar-refractivity contribution in [3.05, 3.63) is 24.3 Å². The van der Waals surface area contributed by atoms with E-state index in [2.05, 4.69) is 50.5 Å². The van der Waals surface area contributed by atoms with E-state index >= 15 is 0 Å². The maximum Gasteiger partial charge on any atom is 0.00640 e. The van der Waals surface area contributed by atoms with Crippen molar-refractivity contribution in [2.75, 3.05) is 7.05 Å². The Morgan fingerprint density at radius 3 is 1.68 bits per heavy atom. The number of allylic oxidation sites excluding steroid dienone is 4. The Labute approximate surface area is 159 Å². The van der Waals surface area contributed by atoms with Crippen LogP contribution in [0.3, 0.4) is 0 Å². The van der Waals surface area contributed by atoms with E-state index in [1.807, 2.05) is 0 Å². The standard InChI is InChI=1S/C24H47N/c1-4-6-8-9-10-11-12-13-14-15-16-17-18-19-21-23-24(25-3)22-20-7-5-2/h10-11,13-14,24-25H,4-9,12,15-23H2,1-3H3. The van der Waals surface area contributed by atoms with Crippen molar-refractivity contribution in [2.45, 2.75) is 123 Å². The Balaban J connectivity index is 3.33. The Morgan fingerprint density at radius 1 is 0.600 bits per heavy atom. The van der Waals surface area contributed by atoms with Crippen LogP contribution in [0, 0.1) is 0 Å². The summed E-state index contributed by atoms with van der Waals surface area (Å²) in [4.78, 5) is 0. The fourth-order valence-electron chi connectivity index (χ4n) is 3.28. The van der Waals surface area contributed by atoms with Crippen LogP contribution in [0.15, 0.2) is 24.3 Å². The smallest absolute Gasteiger partial charge is 0.00640 e. The maximum absolute atomic E-state index is 3.50. The lowest BCUT2D eigenvalue weighted by atomic mass is 10.0. The molecule has 148 valence electrons. The minimum absolute atomic E-state index is 0.754. The third-order valence-electron chi connectivity index (χ3n) is 5.07. The highest BCUT2D eigenvalue weighted by Crippen LogP contribution is 2.13. The van der Waals surface area contributed by atoms with Gasteiger partial charge in [0.2, 0.25) is 0 Å². The summed E-state index contributed by atoms with van der Waals surface area (Å²) >= 11 is 0. The SMILES string of the molecule is CCCCCC=CCC=CCCCCCCCC(CCCCC)NC. The van der Waals surface area contributed by atoms with Crippen LogP contribution in [0.4, 0.5) is 0 Å². The van der Waals surface area contributed by atoms with Crippen LogP contribution in [-0.4, -0.2) is 13.1 Å². The number of unbranched alkanes of at least 4 members (excludes halogenated alkanes) is 10. The second-order valence-electron chi connectivity index (χ2n) is 7.50. The molecular formula is C24H47N. The van der Waals surface area contributed by atoms with Gasteiger partial charge in [0.05, 0.1) is 0 Å². The molecule has 1 heteroatoms. The highest BCUT2D eigenvalue weighted by molar-refractivity contribution is 4.92. The molecule has 1 N–H and O–H groups in total. The molecule has 0 fully saturated rings. The lowest BCUT2D eigenvalue weighted by Crippen LogP contribution is -2.24. The molecule has 0 aliphatic rings. The van der Waals surface area contributed by atoms with E-state index in [1.165, 1.54) is 96.3 Å². The van der Waals surface area contributed by atoms with Gasteiger partial charge in [-0.3, -0.25) is 0 Å². The molecule has 1 nitrogen and oxygen atoms in total. The topological polar surface area (TPSA) is 12.0 Å². The lowest BCUT2D eigenvalue weighted by Gasteiger charge is -2.15. The van der Waals surface area contributed by atoms with Crippen LogP contribution >= 0.6 is 0 Å². The molecule has 0 spiro atoms. The second-order valence-corrected chi connectivity index (χ2v) is 7.50. The van der Waals surface area contributed by atoms with E-state index in [0.717, 1.165) is 12.5 Å². The number of hydrogen-bond acceptors (Lipinski definition) is 1. The fraction of sp³-hybridized carbons (Fsp3) is 0.833. The van der Waals surface area contributed by atoms with Gasteiger partial charge in [0.25, 0.3) is 0 Å². The van der Waals surface area contributed by atoms with Crippen LogP contribution in [0.25, 0.3) is 0 Å². The van der Waals surface area contributed by atoms with Gasteiger partial charge in [-0.05, 0) is 52.0 Å². The van der Waals surface area contributed by atoms with Crippen molar-refractivity contribution >= 4 is 0 Å². The van der Waals surface area contributed by atoms with E-state index in [0.29, 0.717) is 0 Å². The molecule has 0 aromatic rings. The summed E-state index contributed by atoms with van der Waals surface area (Å²) in [5, 5.41) is 3.50. The van der Waals surface area contributed by atoms with E-state index in [9.17, 15) is 0 Å². The van der Waals surface area contributed by atoms with Gasteiger partial charge >= 0.3 is 0 Å². The number of nitrogens with one attached hydrogen (secondary N) is 1. The normalized spacial score (nSPS) is 13.2. The molecule has 0 aliphatic carbocycles. The van der Waals surface area contributed by atoms with Crippen LogP contribution < -0.4 is 5.32 Å². The summed E-state index contributed by atoms with van der Waals surface area (Å²) in [6, 6.07) is 0.754. The Morgan fingerprint density at radius 2 is 1.08 bits per heavy atom. The molecule has 0 saturated heterocycles. The van der Waals surface area contributed by atoms with Gasteiger partial charge in [-0.25, -0.2) is 0 Å². The monoisotopic (exact) mass is 349 g/mol. The molecule has 1 atom stereocenters. The summed E-state index contributed by atoms with van der Waals surface area (Å²) in [6.45, 7) is 4.55. The zero-order valence-electron chi connectivity index (χ0n) is 17.7. The first kappa shape index (κ1) is 24.4. The van der Waals surface area contributed by atoms with Crippen LogP contribution in [-0.2, 0) is 0 Å². The van der Waals surface area contributed by atoms with Gasteiger partial charge in [-0.2, -0.15) is 0 Å². The lowest BCUT2D eigenvalue weighted by molar-refractivity contribution is 0.441. The van der Waals surface area contributed by atoms with E-state index in [4.69, 9.17) is 0 Å². The first-order valence-corrected chi connectivity index (χ1v) is 11.3. The van der Waals surface area contributed by atoms with Gasteiger partial charge in [0.15, 0.2) is 0 Å². The van der Waals surface area contributed by atoms with E-state index in [1.54, 1.807) is 0 Å². The molecule has 25 heavy (non-hydrogen) atoms. The molecular weight excluding hydrogens is 302 g/mol. The zero-order chi connectivity index (χ0) is 18.4. The highest BCUT2D eigenvalue weighted by Gasteiger charge is 2.04. The summed E-state index contributed by atoms with van der Waals surface area (Å²) < 4.78 is 0. The maximum atomic E-state index is 3.50. The third kappa shape index (κ3) is 19.6. The van der Waals surface area contributed by atoms with Crippen molar-refractivity contribution in [3.8, 4) is 0 Å². The molecule has 0 bridgehead atoms. The van der Waals surface area contributed by atoms with Crippen molar-refractivity contribution < 1.29 is 0 Å². The van der Waals surface area contributed by atoms with E-state index in [-0.39, 0.29) is 0 Å². The molecule has 0 radical (unpaired) electrons. The quantitative estimate of drug-likeness (QED) is 0.184. The number of hydrogen-bond donors (Lipinski definition) is 1. The Bertz CT molecular complexity index is 292. The minimum Gasteiger partial charge on any atom is -0.317 e. The summed E-state index contributed by atoms with van der Waals surface area (Å²) in [5.41, 5.74) is 0. The predicted octanol–water partition coefficient (Wildman–Crippen LogP) is 7.97. The average Bonchev–Trinajstić information content (AvgIpc) is 2.63. The molecule has 0 rings (SSSR count). The van der Waals surface area contributed by atoms with Crippen molar-refractivity contribution in [1.82, 2.24) is 5.32 Å². The Hall–Kier alpha value is -0.560. The molecule has 0 aromatic carbocycles. The first-order valence-electron chi connectivity index (χ1n) is 11.3. The van der Waals surface area contributed by atoms with Crippen molar-refractivity contribution in [3.63, 3.8) is 0 Å². The Kier molecular flexibility index (Phi) is 21.0. The fourth-order valence-corrected chi connectivity index (χ4v) is 3.28. The minimum atomic E-state index is 0.754. The van der Waals surface area contributed by atoms with Gasteiger partial charge < -0.3 is 5.32 Å². The van der Waals surface area contributed by atoms with Crippen LogP contribution in [0.5, 0.6) is 0 Å². The molecule has 0 saturated carbocycles. The van der Waals surface area contributed by atoms with Gasteiger partial charge in [-0.15, -0.1) is 0 Å². The van der Waals surface area contributed by atoms with Crippen molar-refractivity contribution in [2.24, 2.45) is 0 Å². The second kappa shape index (κ2) is 21.5. The van der Waals surface area contributed by atoms with Crippen LogP contribution in [0.2, 0.25) is 0 Å². The summed E-state index contributed by atoms with van der Waals surface area (Å²) in [7, 11) is 2.13. The van der Waals surface area contributed by atoms with Gasteiger partial charge in [-0.1, -0.05) is 95.9 Å². The molecule has 0 aliphatic heterocycles.